The predicted molar refractivity (Wildman–Crippen MR) is 125 cm³/mol. The molecule has 1 aromatic heterocycles. The van der Waals surface area contributed by atoms with Crippen molar-refractivity contribution in [2.45, 2.75) is 0 Å². The predicted octanol–water partition coefficient (Wildman–Crippen LogP) is 3.72. The Morgan fingerprint density at radius 1 is 0.969 bits per heavy atom. The van der Waals surface area contributed by atoms with Crippen molar-refractivity contribution in [3.63, 3.8) is 0 Å². The highest BCUT2D eigenvalue weighted by molar-refractivity contribution is 6.06. The average molecular weight is 426 g/mol. The molecule has 7 nitrogen and oxygen atoms in total. The molecule has 0 atom stereocenters. The summed E-state index contributed by atoms with van der Waals surface area (Å²) >= 11 is 0. The fourth-order valence-corrected chi connectivity index (χ4v) is 3.34. The van der Waals surface area contributed by atoms with Crippen LogP contribution in [0.25, 0.3) is 22.2 Å². The summed E-state index contributed by atoms with van der Waals surface area (Å²) in [6.45, 7) is -0.193. The van der Waals surface area contributed by atoms with E-state index in [1.807, 2.05) is 54.6 Å². The smallest absolute Gasteiger partial charge is 0.259 e. The van der Waals surface area contributed by atoms with E-state index in [2.05, 4.69) is 20.8 Å². The van der Waals surface area contributed by atoms with Crippen LogP contribution < -0.4 is 15.5 Å². The lowest BCUT2D eigenvalue weighted by Gasteiger charge is -2.05. The first-order valence-corrected chi connectivity index (χ1v) is 10.1. The number of benzene rings is 3. The fraction of sp³-hybridized carbons (Fsp3) is 0.0800. The van der Waals surface area contributed by atoms with E-state index < -0.39 is 5.91 Å². The zero-order valence-corrected chi connectivity index (χ0v) is 17.5. The molecule has 0 fully saturated rings. The number of para-hydroxylation sites is 1. The van der Waals surface area contributed by atoms with Crippen LogP contribution in [0.2, 0.25) is 0 Å². The number of rotatable bonds is 7. The highest BCUT2D eigenvalue weighted by Crippen LogP contribution is 2.28. The van der Waals surface area contributed by atoms with E-state index in [1.54, 1.807) is 37.6 Å². The molecule has 0 bridgehead atoms. The number of nitrogens with zero attached hydrogens (tertiary/aromatic N) is 1. The second-order valence-corrected chi connectivity index (χ2v) is 7.03. The lowest BCUT2D eigenvalue weighted by atomic mass is 10.1. The number of ether oxygens (including phenoxy) is 1. The number of nitrogens with one attached hydrogen (secondary N) is 3. The number of carbonyl (C=O) groups is 2. The van der Waals surface area contributed by atoms with E-state index in [-0.39, 0.29) is 12.5 Å². The number of hydrazone groups is 1. The van der Waals surface area contributed by atoms with Crippen LogP contribution in [-0.4, -0.2) is 36.7 Å². The van der Waals surface area contributed by atoms with Crippen LogP contribution in [0.3, 0.4) is 0 Å². The molecule has 0 radical (unpaired) electrons. The minimum atomic E-state index is -0.427. The number of amides is 2. The summed E-state index contributed by atoms with van der Waals surface area (Å²) in [5.74, 6) is -0.125. The van der Waals surface area contributed by atoms with Gasteiger partial charge in [-0.05, 0) is 35.9 Å². The van der Waals surface area contributed by atoms with E-state index >= 15 is 0 Å². The maximum atomic E-state index is 12.2. The van der Waals surface area contributed by atoms with Crippen molar-refractivity contribution in [2.24, 2.45) is 5.10 Å². The molecule has 0 aliphatic rings. The summed E-state index contributed by atoms with van der Waals surface area (Å²) in [5, 5.41) is 7.68. The first-order valence-electron chi connectivity index (χ1n) is 10.1. The monoisotopic (exact) mass is 426 g/mol. The van der Waals surface area contributed by atoms with Gasteiger partial charge in [-0.1, -0.05) is 48.5 Å². The van der Waals surface area contributed by atoms with Gasteiger partial charge < -0.3 is 15.0 Å². The summed E-state index contributed by atoms with van der Waals surface area (Å²) in [5.41, 5.74) is 6.69. The Hall–Kier alpha value is -4.39. The zero-order valence-electron chi connectivity index (χ0n) is 17.5. The van der Waals surface area contributed by atoms with Crippen LogP contribution in [0.4, 0.5) is 0 Å². The van der Waals surface area contributed by atoms with Gasteiger partial charge in [0.2, 0.25) is 0 Å². The molecule has 160 valence electrons. The van der Waals surface area contributed by atoms with Gasteiger partial charge >= 0.3 is 0 Å². The molecule has 3 aromatic carbocycles. The molecule has 1 heterocycles. The Morgan fingerprint density at radius 2 is 1.69 bits per heavy atom. The van der Waals surface area contributed by atoms with Gasteiger partial charge in [-0.3, -0.25) is 9.59 Å². The molecular weight excluding hydrogens is 404 g/mol. The molecule has 0 aliphatic carbocycles. The zero-order chi connectivity index (χ0) is 22.3. The normalized spacial score (nSPS) is 10.9. The first-order chi connectivity index (χ1) is 15.7. The van der Waals surface area contributed by atoms with Gasteiger partial charge in [-0.25, -0.2) is 5.43 Å². The standard InChI is InChI=1S/C25H22N4O3/c1-32-19-13-11-18(12-14-19)25(31)26-16-23(30)29-27-15-21-20-9-5-6-10-22(20)28-24(21)17-7-3-2-4-8-17/h2-15,28H,16H2,1H3,(H,26,31)(H,29,30)/b27-15+. The van der Waals surface area contributed by atoms with Gasteiger partial charge in [0.05, 0.1) is 25.6 Å². The maximum absolute atomic E-state index is 12.2. The number of hydrogen-bond donors (Lipinski definition) is 3. The van der Waals surface area contributed by atoms with E-state index in [1.165, 1.54) is 0 Å². The van der Waals surface area contributed by atoms with E-state index in [4.69, 9.17) is 4.74 Å². The summed E-state index contributed by atoms with van der Waals surface area (Å²) < 4.78 is 5.07. The van der Waals surface area contributed by atoms with Gasteiger partial charge in [0.25, 0.3) is 11.8 Å². The number of methoxy groups -OCH3 is 1. The van der Waals surface area contributed by atoms with Crippen molar-refractivity contribution in [1.29, 1.82) is 0 Å². The average Bonchev–Trinajstić information content (AvgIpc) is 3.22. The fourth-order valence-electron chi connectivity index (χ4n) is 3.34. The molecule has 0 aliphatic heterocycles. The van der Waals surface area contributed by atoms with Crippen molar-refractivity contribution in [2.75, 3.05) is 13.7 Å². The summed E-state index contributed by atoms with van der Waals surface area (Å²) in [7, 11) is 1.55. The maximum Gasteiger partial charge on any atom is 0.259 e. The van der Waals surface area contributed by atoms with Crippen molar-refractivity contribution < 1.29 is 14.3 Å². The number of carbonyl (C=O) groups excluding carboxylic acids is 2. The Kier molecular flexibility index (Phi) is 6.27. The molecule has 2 amide bonds. The van der Waals surface area contributed by atoms with E-state index in [0.717, 1.165) is 27.7 Å². The molecule has 0 spiro atoms. The largest absolute Gasteiger partial charge is 0.497 e. The lowest BCUT2D eigenvalue weighted by Crippen LogP contribution is -2.34. The summed E-state index contributed by atoms with van der Waals surface area (Å²) in [6, 6.07) is 24.4. The molecular formula is C25H22N4O3. The molecule has 3 N–H and O–H groups in total. The third-order valence-electron chi connectivity index (χ3n) is 4.95. The van der Waals surface area contributed by atoms with Gasteiger partial charge in [-0.15, -0.1) is 0 Å². The molecule has 7 heteroatoms. The van der Waals surface area contributed by atoms with E-state index in [0.29, 0.717) is 11.3 Å². The number of aromatic nitrogens is 1. The molecule has 0 saturated heterocycles. The topological polar surface area (TPSA) is 95.6 Å². The number of hydrogen-bond acceptors (Lipinski definition) is 4. The summed E-state index contributed by atoms with van der Waals surface area (Å²) in [4.78, 5) is 27.8. The first kappa shape index (κ1) is 20.9. The van der Waals surface area contributed by atoms with Crippen LogP contribution in [0.5, 0.6) is 5.75 Å². The molecule has 4 aromatic rings. The Labute approximate surface area is 185 Å². The van der Waals surface area contributed by atoms with Crippen LogP contribution in [-0.2, 0) is 4.79 Å². The number of fused-ring (bicyclic) bond motifs is 1. The highest BCUT2D eigenvalue weighted by atomic mass is 16.5. The Bertz CT molecular complexity index is 1260. The van der Waals surface area contributed by atoms with E-state index in [9.17, 15) is 9.59 Å². The van der Waals surface area contributed by atoms with Gasteiger partial charge in [0.1, 0.15) is 5.75 Å². The third kappa shape index (κ3) is 4.67. The second-order valence-electron chi connectivity index (χ2n) is 7.03. The van der Waals surface area contributed by atoms with Crippen molar-refractivity contribution in [3.05, 3.63) is 90.0 Å². The van der Waals surface area contributed by atoms with Crippen LogP contribution in [0.1, 0.15) is 15.9 Å². The van der Waals surface area contributed by atoms with Crippen LogP contribution >= 0.6 is 0 Å². The molecule has 0 saturated carbocycles. The van der Waals surface area contributed by atoms with Gasteiger partial charge in [0, 0.05) is 22.0 Å². The molecule has 32 heavy (non-hydrogen) atoms. The third-order valence-corrected chi connectivity index (χ3v) is 4.95. The summed E-state index contributed by atoms with van der Waals surface area (Å²) in [6.07, 6.45) is 1.62. The van der Waals surface area contributed by atoms with Crippen molar-refractivity contribution in [1.82, 2.24) is 15.7 Å². The van der Waals surface area contributed by atoms with Crippen LogP contribution in [0, 0.1) is 0 Å². The number of H-pyrrole nitrogens is 1. The highest BCUT2D eigenvalue weighted by Gasteiger charge is 2.12. The van der Waals surface area contributed by atoms with Gasteiger partial charge in [-0.2, -0.15) is 5.10 Å². The SMILES string of the molecule is COc1ccc(C(=O)NCC(=O)N/N=C/c2c(-c3ccccc3)[nH]c3ccccc23)cc1. The second kappa shape index (κ2) is 9.61. The Morgan fingerprint density at radius 3 is 2.44 bits per heavy atom. The minimum absolute atomic E-state index is 0.193. The van der Waals surface area contributed by atoms with Gasteiger partial charge in [0.15, 0.2) is 0 Å². The Balaban J connectivity index is 1.42. The quantitative estimate of drug-likeness (QED) is 0.310. The minimum Gasteiger partial charge on any atom is -0.497 e. The lowest BCUT2D eigenvalue weighted by molar-refractivity contribution is -0.120. The van der Waals surface area contributed by atoms with Crippen LogP contribution in [0.15, 0.2) is 84.0 Å². The molecule has 0 unspecified atom stereocenters. The van der Waals surface area contributed by atoms with Crippen molar-refractivity contribution >= 4 is 28.9 Å². The number of aromatic amines is 1. The molecule has 4 rings (SSSR count). The van der Waals surface area contributed by atoms with Crippen molar-refractivity contribution in [3.8, 4) is 17.0 Å².